The number of carbonyl (C=O) groups excluding carboxylic acids is 2. The van der Waals surface area contributed by atoms with Crippen LogP contribution in [0.5, 0.6) is 5.75 Å². The zero-order chi connectivity index (χ0) is 26.9. The van der Waals surface area contributed by atoms with Gasteiger partial charge in [0.2, 0.25) is 0 Å². The Morgan fingerprint density at radius 1 is 1.00 bits per heavy atom. The van der Waals surface area contributed by atoms with Crippen molar-refractivity contribution < 1.29 is 14.3 Å². The van der Waals surface area contributed by atoms with Crippen LogP contribution >= 0.6 is 11.6 Å². The minimum absolute atomic E-state index is 0.149. The Hall–Kier alpha value is -4.03. The van der Waals surface area contributed by atoms with Crippen molar-refractivity contribution in [2.75, 3.05) is 13.2 Å². The predicted octanol–water partition coefficient (Wildman–Crippen LogP) is 6.44. The summed E-state index contributed by atoms with van der Waals surface area (Å²) in [6, 6.07) is 22.1. The van der Waals surface area contributed by atoms with E-state index >= 15 is 0 Å². The minimum Gasteiger partial charge on any atom is -0.494 e. The lowest BCUT2D eigenvalue weighted by molar-refractivity contribution is -0.117. The number of ether oxygens (including phenoxy) is 1. The van der Waals surface area contributed by atoms with E-state index in [-0.39, 0.29) is 17.5 Å². The van der Waals surface area contributed by atoms with Crippen molar-refractivity contribution in [1.82, 2.24) is 15.6 Å². The van der Waals surface area contributed by atoms with Crippen molar-refractivity contribution >= 4 is 40.4 Å². The first-order valence-electron chi connectivity index (χ1n) is 12.8. The molecule has 0 spiro atoms. The van der Waals surface area contributed by atoms with Gasteiger partial charge < -0.3 is 20.4 Å². The molecule has 0 saturated heterocycles. The molecule has 0 aliphatic heterocycles. The Bertz CT molecular complexity index is 1420. The molecule has 196 valence electrons. The van der Waals surface area contributed by atoms with Gasteiger partial charge in [0, 0.05) is 33.7 Å². The van der Waals surface area contributed by atoms with E-state index in [1.165, 1.54) is 0 Å². The Balaban J connectivity index is 1.46. The molecule has 0 saturated carbocycles. The number of aromatic nitrogens is 1. The number of nitrogens with one attached hydrogen (secondary N) is 3. The molecule has 0 aliphatic carbocycles. The molecule has 6 nitrogen and oxygen atoms in total. The van der Waals surface area contributed by atoms with Gasteiger partial charge in [-0.1, -0.05) is 55.3 Å². The van der Waals surface area contributed by atoms with Gasteiger partial charge in [-0.15, -0.1) is 0 Å². The summed E-state index contributed by atoms with van der Waals surface area (Å²) in [6.45, 7) is 5.18. The Morgan fingerprint density at radius 2 is 1.74 bits per heavy atom. The summed E-state index contributed by atoms with van der Waals surface area (Å²) in [5.74, 6) is -0.0458. The van der Waals surface area contributed by atoms with Crippen molar-refractivity contribution in [3.63, 3.8) is 0 Å². The van der Waals surface area contributed by atoms with Gasteiger partial charge in [-0.2, -0.15) is 0 Å². The predicted molar refractivity (Wildman–Crippen MR) is 153 cm³/mol. The lowest BCUT2D eigenvalue weighted by Gasteiger charge is -2.12. The van der Waals surface area contributed by atoms with Crippen LogP contribution in [0.3, 0.4) is 0 Å². The van der Waals surface area contributed by atoms with Crippen LogP contribution in [0.2, 0.25) is 5.02 Å². The number of hydrogen-bond donors (Lipinski definition) is 3. The minimum atomic E-state index is -0.382. The first-order chi connectivity index (χ1) is 18.4. The highest BCUT2D eigenvalue weighted by Gasteiger charge is 2.16. The molecule has 0 aliphatic rings. The molecular weight excluding hydrogens is 498 g/mol. The molecule has 0 atom stereocenters. The van der Waals surface area contributed by atoms with Gasteiger partial charge in [0.1, 0.15) is 11.4 Å². The lowest BCUT2D eigenvalue weighted by atomic mass is 10.1. The summed E-state index contributed by atoms with van der Waals surface area (Å²) in [7, 11) is 0. The number of aryl methyl sites for hydroxylation is 1. The smallest absolute Gasteiger partial charge is 0.267 e. The fourth-order valence-electron chi connectivity index (χ4n) is 4.17. The maximum Gasteiger partial charge on any atom is 0.267 e. The van der Waals surface area contributed by atoms with Crippen LogP contribution in [0.1, 0.15) is 46.9 Å². The molecule has 0 unspecified atom stereocenters. The SMILES string of the molecule is CCCCOc1ccc(C(=O)NC(=Cc2ccc(Cl)cc2)C(=O)NCCc2c(C)[nH]c3ccccc23)cc1. The molecule has 3 aromatic carbocycles. The van der Waals surface area contributed by atoms with E-state index in [2.05, 4.69) is 28.6 Å². The maximum absolute atomic E-state index is 13.2. The van der Waals surface area contributed by atoms with Crippen LogP contribution in [0.4, 0.5) is 0 Å². The van der Waals surface area contributed by atoms with E-state index in [4.69, 9.17) is 16.3 Å². The third kappa shape index (κ3) is 7.05. The highest BCUT2D eigenvalue weighted by atomic mass is 35.5. The average molecular weight is 530 g/mol. The van der Waals surface area contributed by atoms with Gasteiger partial charge in [0.25, 0.3) is 11.8 Å². The number of unbranched alkanes of at least 4 members (excludes halogenated alkanes) is 1. The Morgan fingerprint density at radius 3 is 2.47 bits per heavy atom. The summed E-state index contributed by atoms with van der Waals surface area (Å²) in [6.07, 6.45) is 4.31. The van der Waals surface area contributed by atoms with Crippen LogP contribution in [-0.4, -0.2) is 29.9 Å². The number of hydrogen-bond acceptors (Lipinski definition) is 3. The van der Waals surface area contributed by atoms with Crippen molar-refractivity contribution in [2.45, 2.75) is 33.1 Å². The highest BCUT2D eigenvalue weighted by molar-refractivity contribution is 6.30. The van der Waals surface area contributed by atoms with Crippen LogP contribution < -0.4 is 15.4 Å². The molecule has 4 rings (SSSR count). The molecule has 3 N–H and O–H groups in total. The largest absolute Gasteiger partial charge is 0.494 e. The fraction of sp³-hybridized carbons (Fsp3) is 0.226. The molecule has 1 heterocycles. The van der Waals surface area contributed by atoms with Crippen LogP contribution in [0.15, 0.2) is 78.5 Å². The second-order valence-electron chi connectivity index (χ2n) is 9.07. The number of fused-ring (bicyclic) bond motifs is 1. The third-order valence-corrected chi connectivity index (χ3v) is 6.50. The molecule has 0 radical (unpaired) electrons. The van der Waals surface area contributed by atoms with Crippen LogP contribution in [0.25, 0.3) is 17.0 Å². The van der Waals surface area contributed by atoms with Crippen LogP contribution in [0, 0.1) is 6.92 Å². The molecule has 2 amide bonds. The van der Waals surface area contributed by atoms with Gasteiger partial charge in [0.05, 0.1) is 6.61 Å². The zero-order valence-electron chi connectivity index (χ0n) is 21.6. The highest BCUT2D eigenvalue weighted by Crippen LogP contribution is 2.22. The molecule has 0 fully saturated rings. The quantitative estimate of drug-likeness (QED) is 0.154. The molecule has 38 heavy (non-hydrogen) atoms. The number of para-hydroxylation sites is 1. The van der Waals surface area contributed by atoms with Crippen LogP contribution in [-0.2, 0) is 11.2 Å². The van der Waals surface area contributed by atoms with E-state index in [1.54, 1.807) is 54.6 Å². The van der Waals surface area contributed by atoms with E-state index < -0.39 is 0 Å². The molecule has 0 bridgehead atoms. The summed E-state index contributed by atoms with van der Waals surface area (Å²) in [5.41, 5.74) is 4.63. The number of H-pyrrole nitrogens is 1. The van der Waals surface area contributed by atoms with Gasteiger partial charge in [-0.3, -0.25) is 9.59 Å². The second-order valence-corrected chi connectivity index (χ2v) is 9.51. The standard InChI is InChI=1S/C31H32ClN3O3/c1-3-4-19-38-25-15-11-23(12-16-25)30(36)35-29(20-22-9-13-24(32)14-10-22)31(37)33-18-17-26-21(2)34-28-8-6-5-7-27(26)28/h5-16,20,34H,3-4,17-19H2,1-2H3,(H,33,37)(H,35,36). The lowest BCUT2D eigenvalue weighted by Crippen LogP contribution is -2.35. The number of rotatable bonds is 11. The zero-order valence-corrected chi connectivity index (χ0v) is 22.4. The fourth-order valence-corrected chi connectivity index (χ4v) is 4.29. The monoisotopic (exact) mass is 529 g/mol. The summed E-state index contributed by atoms with van der Waals surface area (Å²) in [5, 5.41) is 7.48. The number of halogens is 1. The summed E-state index contributed by atoms with van der Waals surface area (Å²) >= 11 is 6.02. The number of amides is 2. The van der Waals surface area contributed by atoms with Gasteiger partial charge in [0.15, 0.2) is 0 Å². The molecular formula is C31H32ClN3O3. The van der Waals surface area contributed by atoms with Crippen molar-refractivity contribution in [3.8, 4) is 5.75 Å². The van der Waals surface area contributed by atoms with E-state index in [0.29, 0.717) is 35.9 Å². The third-order valence-electron chi connectivity index (χ3n) is 6.24. The molecule has 4 aromatic rings. The summed E-state index contributed by atoms with van der Waals surface area (Å²) in [4.78, 5) is 29.6. The topological polar surface area (TPSA) is 83.2 Å². The van der Waals surface area contributed by atoms with E-state index in [1.807, 2.05) is 25.1 Å². The van der Waals surface area contributed by atoms with Gasteiger partial charge in [-0.25, -0.2) is 0 Å². The van der Waals surface area contributed by atoms with Crippen molar-refractivity contribution in [1.29, 1.82) is 0 Å². The second kappa shape index (κ2) is 13.0. The number of benzene rings is 3. The van der Waals surface area contributed by atoms with E-state index in [0.717, 1.165) is 40.6 Å². The van der Waals surface area contributed by atoms with Gasteiger partial charge >= 0.3 is 0 Å². The Kier molecular flexibility index (Phi) is 9.22. The number of carbonyl (C=O) groups is 2. The van der Waals surface area contributed by atoms with Gasteiger partial charge in [-0.05, 0) is 79.4 Å². The summed E-state index contributed by atoms with van der Waals surface area (Å²) < 4.78 is 5.68. The normalized spacial score (nSPS) is 11.4. The van der Waals surface area contributed by atoms with Crippen molar-refractivity contribution in [2.24, 2.45) is 0 Å². The molecule has 1 aromatic heterocycles. The first kappa shape index (κ1) is 27.0. The first-order valence-corrected chi connectivity index (χ1v) is 13.2. The Labute approximate surface area is 228 Å². The number of aromatic amines is 1. The maximum atomic E-state index is 13.2. The average Bonchev–Trinajstić information content (AvgIpc) is 3.24. The van der Waals surface area contributed by atoms with E-state index in [9.17, 15) is 9.59 Å². The molecule has 7 heteroatoms. The van der Waals surface area contributed by atoms with Crippen molar-refractivity contribution in [3.05, 3.63) is 106 Å².